The van der Waals surface area contributed by atoms with E-state index in [4.69, 9.17) is 10.8 Å². The molecule has 0 aromatic heterocycles. The van der Waals surface area contributed by atoms with Gasteiger partial charge < -0.3 is 10.8 Å². The summed E-state index contributed by atoms with van der Waals surface area (Å²) >= 11 is 0. The standard InChI is InChI=1S/C6H9NO/c1-2-3-6(8)4-5-7/h2-5,8H,1,7H2/b5-4-,6-3+. The molecule has 0 aromatic rings. The van der Waals surface area contributed by atoms with Gasteiger partial charge in [-0.05, 0) is 18.4 Å². The van der Waals surface area contributed by atoms with Gasteiger partial charge in [0.2, 0.25) is 0 Å². The topological polar surface area (TPSA) is 46.2 Å². The number of allylic oxidation sites excluding steroid dienone is 3. The van der Waals surface area contributed by atoms with Gasteiger partial charge in [-0.2, -0.15) is 0 Å². The molecule has 2 nitrogen and oxygen atoms in total. The maximum Gasteiger partial charge on any atom is 0.116 e. The molecule has 0 radical (unpaired) electrons. The first-order valence-electron chi connectivity index (χ1n) is 2.21. The molecule has 0 bridgehead atoms. The first-order chi connectivity index (χ1) is 3.81. The predicted molar refractivity (Wildman–Crippen MR) is 34.2 cm³/mol. The van der Waals surface area contributed by atoms with Crippen LogP contribution in [-0.4, -0.2) is 5.11 Å². The minimum Gasteiger partial charge on any atom is -0.508 e. The summed E-state index contributed by atoms with van der Waals surface area (Å²) in [5, 5.41) is 8.67. The van der Waals surface area contributed by atoms with Crippen molar-refractivity contribution < 1.29 is 5.11 Å². The summed E-state index contributed by atoms with van der Waals surface area (Å²) in [7, 11) is 0. The molecule has 0 fully saturated rings. The van der Waals surface area contributed by atoms with Gasteiger partial charge in [0.1, 0.15) is 5.76 Å². The van der Waals surface area contributed by atoms with Gasteiger partial charge in [0.25, 0.3) is 0 Å². The lowest BCUT2D eigenvalue weighted by Crippen LogP contribution is -1.78. The Morgan fingerprint density at radius 3 is 2.62 bits per heavy atom. The molecule has 0 unspecified atom stereocenters. The third-order valence-corrected chi connectivity index (χ3v) is 0.556. The molecule has 0 rings (SSSR count). The van der Waals surface area contributed by atoms with Crippen LogP contribution in [-0.2, 0) is 0 Å². The van der Waals surface area contributed by atoms with Gasteiger partial charge >= 0.3 is 0 Å². The van der Waals surface area contributed by atoms with Gasteiger partial charge in [-0.15, -0.1) is 0 Å². The Kier molecular flexibility index (Phi) is 3.40. The monoisotopic (exact) mass is 111 g/mol. The van der Waals surface area contributed by atoms with Crippen molar-refractivity contribution in [1.29, 1.82) is 0 Å². The van der Waals surface area contributed by atoms with Crippen molar-refractivity contribution in [3.63, 3.8) is 0 Å². The predicted octanol–water partition coefficient (Wildman–Crippen LogP) is 1.09. The fourth-order valence-electron chi connectivity index (χ4n) is 0.275. The van der Waals surface area contributed by atoms with Gasteiger partial charge in [-0.1, -0.05) is 12.7 Å². The van der Waals surface area contributed by atoms with Crippen LogP contribution in [0.25, 0.3) is 0 Å². The van der Waals surface area contributed by atoms with Crippen molar-refractivity contribution in [2.75, 3.05) is 0 Å². The van der Waals surface area contributed by atoms with Crippen LogP contribution < -0.4 is 5.73 Å². The first-order valence-corrected chi connectivity index (χ1v) is 2.21. The van der Waals surface area contributed by atoms with Gasteiger partial charge in [0.15, 0.2) is 0 Å². The molecule has 3 N–H and O–H groups in total. The molecule has 0 aliphatic rings. The smallest absolute Gasteiger partial charge is 0.116 e. The summed E-state index contributed by atoms with van der Waals surface area (Å²) in [6, 6.07) is 0. The van der Waals surface area contributed by atoms with E-state index in [0.717, 1.165) is 0 Å². The van der Waals surface area contributed by atoms with E-state index in [9.17, 15) is 0 Å². The van der Waals surface area contributed by atoms with E-state index in [1.54, 1.807) is 0 Å². The Bertz CT molecular complexity index is 124. The highest BCUT2D eigenvalue weighted by atomic mass is 16.3. The second-order valence-corrected chi connectivity index (χ2v) is 1.19. The quantitative estimate of drug-likeness (QED) is 0.414. The molecule has 44 valence electrons. The summed E-state index contributed by atoms with van der Waals surface area (Å²) in [5.74, 6) is 0.113. The Balaban J connectivity index is 3.79. The number of aliphatic hydroxyl groups is 1. The minimum absolute atomic E-state index is 0.113. The van der Waals surface area contributed by atoms with Gasteiger partial charge in [-0.25, -0.2) is 0 Å². The third-order valence-electron chi connectivity index (χ3n) is 0.556. The maximum absolute atomic E-state index is 8.67. The first kappa shape index (κ1) is 6.82. The molecule has 0 aliphatic heterocycles. The van der Waals surface area contributed by atoms with Gasteiger partial charge in [0, 0.05) is 0 Å². The zero-order valence-electron chi connectivity index (χ0n) is 4.54. The SMILES string of the molecule is C=C/C=C(O)\C=C/N. The Morgan fingerprint density at radius 2 is 2.25 bits per heavy atom. The highest BCUT2D eigenvalue weighted by Crippen LogP contribution is 1.87. The zero-order chi connectivity index (χ0) is 6.41. The molecule has 0 saturated carbocycles. The van der Waals surface area contributed by atoms with Crippen molar-refractivity contribution in [3.05, 3.63) is 36.8 Å². The van der Waals surface area contributed by atoms with Crippen LogP contribution in [0.1, 0.15) is 0 Å². The minimum atomic E-state index is 0.113. The molecular weight excluding hydrogens is 102 g/mol. The average Bonchev–Trinajstić information content (AvgIpc) is 1.68. The van der Waals surface area contributed by atoms with E-state index in [-0.39, 0.29) is 5.76 Å². The van der Waals surface area contributed by atoms with Crippen molar-refractivity contribution in [2.45, 2.75) is 0 Å². The van der Waals surface area contributed by atoms with Crippen molar-refractivity contribution in [2.24, 2.45) is 5.73 Å². The second kappa shape index (κ2) is 3.99. The van der Waals surface area contributed by atoms with Gasteiger partial charge in [-0.3, -0.25) is 0 Å². The normalized spacial score (nSPS) is 12.2. The van der Waals surface area contributed by atoms with E-state index >= 15 is 0 Å². The molecule has 8 heavy (non-hydrogen) atoms. The summed E-state index contributed by atoms with van der Waals surface area (Å²) in [5.41, 5.74) is 4.94. The molecule has 2 heteroatoms. The molecule has 0 spiro atoms. The maximum atomic E-state index is 8.67. The second-order valence-electron chi connectivity index (χ2n) is 1.19. The van der Waals surface area contributed by atoms with E-state index in [0.29, 0.717) is 0 Å². The lowest BCUT2D eigenvalue weighted by Gasteiger charge is -1.82. The van der Waals surface area contributed by atoms with Crippen LogP contribution in [0, 0.1) is 0 Å². The summed E-state index contributed by atoms with van der Waals surface area (Å²) in [6.45, 7) is 3.37. The van der Waals surface area contributed by atoms with E-state index in [1.807, 2.05) is 0 Å². The fraction of sp³-hybridized carbons (Fsp3) is 0. The largest absolute Gasteiger partial charge is 0.508 e. The number of rotatable bonds is 2. The lowest BCUT2D eigenvalue weighted by atomic mass is 10.4. The lowest BCUT2D eigenvalue weighted by molar-refractivity contribution is 0.432. The van der Waals surface area contributed by atoms with Crippen LogP contribution in [0.5, 0.6) is 0 Å². The van der Waals surface area contributed by atoms with Crippen LogP contribution in [0.2, 0.25) is 0 Å². The van der Waals surface area contributed by atoms with Gasteiger partial charge in [0.05, 0.1) is 0 Å². The molecule has 0 aromatic carbocycles. The fourth-order valence-corrected chi connectivity index (χ4v) is 0.275. The summed E-state index contributed by atoms with van der Waals surface area (Å²) < 4.78 is 0. The number of hydrogen-bond donors (Lipinski definition) is 2. The third kappa shape index (κ3) is 3.03. The summed E-state index contributed by atoms with van der Waals surface area (Å²) in [6.07, 6.45) is 5.57. The Hall–Kier alpha value is -1.18. The Labute approximate surface area is 48.6 Å². The molecule has 0 saturated heterocycles. The number of nitrogens with two attached hydrogens (primary N) is 1. The number of hydrogen-bond acceptors (Lipinski definition) is 2. The van der Waals surface area contributed by atoms with Crippen LogP contribution in [0.4, 0.5) is 0 Å². The Morgan fingerprint density at radius 1 is 1.62 bits per heavy atom. The molecule has 0 atom stereocenters. The van der Waals surface area contributed by atoms with E-state index < -0.39 is 0 Å². The highest BCUT2D eigenvalue weighted by molar-refractivity contribution is 5.14. The van der Waals surface area contributed by atoms with E-state index in [1.165, 1.54) is 24.4 Å². The van der Waals surface area contributed by atoms with Crippen molar-refractivity contribution in [3.8, 4) is 0 Å². The number of aliphatic hydroxyl groups excluding tert-OH is 1. The van der Waals surface area contributed by atoms with Crippen LogP contribution >= 0.6 is 0 Å². The molecular formula is C6H9NO. The van der Waals surface area contributed by atoms with Crippen LogP contribution in [0.15, 0.2) is 36.8 Å². The average molecular weight is 111 g/mol. The molecule has 0 amide bonds. The zero-order valence-corrected chi connectivity index (χ0v) is 4.54. The molecule has 0 aliphatic carbocycles. The summed E-state index contributed by atoms with van der Waals surface area (Å²) in [4.78, 5) is 0. The van der Waals surface area contributed by atoms with E-state index in [2.05, 4.69) is 6.58 Å². The van der Waals surface area contributed by atoms with Crippen molar-refractivity contribution in [1.82, 2.24) is 0 Å². The molecule has 0 heterocycles. The van der Waals surface area contributed by atoms with Crippen LogP contribution in [0.3, 0.4) is 0 Å². The van der Waals surface area contributed by atoms with Crippen molar-refractivity contribution >= 4 is 0 Å². The highest BCUT2D eigenvalue weighted by Gasteiger charge is 1.75.